The number of aryl methyl sites for hydroxylation is 2. The van der Waals surface area contributed by atoms with Crippen molar-refractivity contribution < 1.29 is 14.4 Å². The van der Waals surface area contributed by atoms with E-state index in [0.29, 0.717) is 23.8 Å². The topological polar surface area (TPSA) is 98.2 Å². The quantitative estimate of drug-likeness (QED) is 0.878. The Balaban J connectivity index is 2.42. The van der Waals surface area contributed by atoms with Gasteiger partial charge in [-0.3, -0.25) is 4.79 Å². The van der Waals surface area contributed by atoms with Crippen LogP contribution in [0, 0.1) is 6.92 Å². The summed E-state index contributed by atoms with van der Waals surface area (Å²) in [6.07, 6.45) is 0.607. The largest absolute Gasteiger partial charge is 0.477 e. The van der Waals surface area contributed by atoms with Gasteiger partial charge < -0.3 is 14.2 Å². The summed E-state index contributed by atoms with van der Waals surface area (Å²) in [5, 5.41) is 12.7. The number of hydrogen-bond donors (Lipinski definition) is 1. The lowest BCUT2D eigenvalue weighted by atomic mass is 10.2. The van der Waals surface area contributed by atoms with Crippen molar-refractivity contribution in [1.29, 1.82) is 0 Å². The van der Waals surface area contributed by atoms with Gasteiger partial charge in [-0.25, -0.2) is 4.79 Å². The summed E-state index contributed by atoms with van der Waals surface area (Å²) in [5.41, 5.74) is -0.210. The monoisotopic (exact) mass is 263 g/mol. The maximum absolute atomic E-state index is 12.0. The predicted molar refractivity (Wildman–Crippen MR) is 65.2 cm³/mol. The summed E-state index contributed by atoms with van der Waals surface area (Å²) < 4.78 is 6.26. The molecule has 0 aromatic carbocycles. The van der Waals surface area contributed by atoms with Crippen molar-refractivity contribution >= 4 is 5.97 Å². The normalized spacial score (nSPS) is 10.6. The van der Waals surface area contributed by atoms with E-state index >= 15 is 0 Å². The van der Waals surface area contributed by atoms with Crippen molar-refractivity contribution in [2.24, 2.45) is 0 Å². The van der Waals surface area contributed by atoms with Crippen molar-refractivity contribution in [3.63, 3.8) is 0 Å². The maximum Gasteiger partial charge on any atom is 0.341 e. The molecule has 2 aromatic heterocycles. The van der Waals surface area contributed by atoms with E-state index < -0.39 is 11.5 Å². The van der Waals surface area contributed by atoms with Crippen molar-refractivity contribution in [2.45, 2.75) is 26.8 Å². The van der Waals surface area contributed by atoms with E-state index in [1.54, 1.807) is 13.0 Å². The molecule has 0 atom stereocenters. The van der Waals surface area contributed by atoms with Crippen molar-refractivity contribution in [3.8, 4) is 0 Å². The Morgan fingerprint density at radius 1 is 1.47 bits per heavy atom. The highest BCUT2D eigenvalue weighted by atomic mass is 16.5. The highest BCUT2D eigenvalue weighted by Gasteiger charge is 2.14. The van der Waals surface area contributed by atoms with Gasteiger partial charge in [0, 0.05) is 12.1 Å². The van der Waals surface area contributed by atoms with E-state index in [9.17, 15) is 9.59 Å². The summed E-state index contributed by atoms with van der Waals surface area (Å²) in [5.74, 6) is -0.416. The summed E-state index contributed by atoms with van der Waals surface area (Å²) in [6, 6.07) is 2.87. The molecule has 19 heavy (non-hydrogen) atoms. The van der Waals surface area contributed by atoms with Crippen LogP contribution in [-0.4, -0.2) is 25.8 Å². The molecule has 0 fully saturated rings. The second kappa shape index (κ2) is 5.05. The summed E-state index contributed by atoms with van der Waals surface area (Å²) in [4.78, 5) is 27.0. The van der Waals surface area contributed by atoms with Gasteiger partial charge in [0.1, 0.15) is 5.56 Å². The second-order valence-corrected chi connectivity index (χ2v) is 4.04. The lowest BCUT2D eigenvalue weighted by Gasteiger charge is -2.07. The van der Waals surface area contributed by atoms with E-state index in [4.69, 9.17) is 9.63 Å². The lowest BCUT2D eigenvalue weighted by molar-refractivity contribution is 0.0694. The molecule has 0 radical (unpaired) electrons. The fourth-order valence-corrected chi connectivity index (χ4v) is 1.67. The number of aromatic nitrogens is 3. The smallest absolute Gasteiger partial charge is 0.341 e. The molecule has 0 aliphatic heterocycles. The molecule has 100 valence electrons. The molecule has 0 aliphatic carbocycles. The number of aromatic carboxylic acids is 1. The molecule has 0 saturated heterocycles. The molecule has 2 rings (SSSR count). The Bertz CT molecular complexity index is 672. The first-order valence-electron chi connectivity index (χ1n) is 5.78. The van der Waals surface area contributed by atoms with Crippen molar-refractivity contribution in [2.75, 3.05) is 0 Å². The Hall–Kier alpha value is -2.44. The van der Waals surface area contributed by atoms with Crippen LogP contribution in [0.1, 0.15) is 34.7 Å². The number of pyridine rings is 1. The zero-order valence-corrected chi connectivity index (χ0v) is 10.6. The minimum absolute atomic E-state index is 0.0925. The zero-order valence-electron chi connectivity index (χ0n) is 10.6. The third-order valence-electron chi connectivity index (χ3n) is 2.74. The standard InChI is InChI=1S/C12H13N3O4/c1-3-10-13-9(14-19-10)6-15-7(2)4-5-8(11(15)16)12(17)18/h4-5H,3,6H2,1-2H3,(H,17,18). The van der Waals surface area contributed by atoms with Gasteiger partial charge >= 0.3 is 5.97 Å². The molecule has 7 heteroatoms. The van der Waals surface area contributed by atoms with Gasteiger partial charge in [0.15, 0.2) is 5.82 Å². The van der Waals surface area contributed by atoms with Crippen LogP contribution in [0.25, 0.3) is 0 Å². The van der Waals surface area contributed by atoms with Gasteiger partial charge in [0.2, 0.25) is 5.89 Å². The number of hydrogen-bond acceptors (Lipinski definition) is 5. The van der Waals surface area contributed by atoms with Crippen LogP contribution >= 0.6 is 0 Å². The van der Waals surface area contributed by atoms with Crippen LogP contribution in [0.5, 0.6) is 0 Å². The molecule has 2 aromatic rings. The fourth-order valence-electron chi connectivity index (χ4n) is 1.67. The summed E-state index contributed by atoms with van der Waals surface area (Å²) >= 11 is 0. The minimum Gasteiger partial charge on any atom is -0.477 e. The molecular formula is C12H13N3O4. The van der Waals surface area contributed by atoms with Crippen LogP contribution in [0.4, 0.5) is 0 Å². The lowest BCUT2D eigenvalue weighted by Crippen LogP contribution is -2.28. The number of rotatable bonds is 4. The first-order chi connectivity index (χ1) is 9.02. The Morgan fingerprint density at radius 2 is 2.21 bits per heavy atom. The average molecular weight is 263 g/mol. The molecular weight excluding hydrogens is 250 g/mol. The first kappa shape index (κ1) is 13.0. The van der Waals surface area contributed by atoms with E-state index in [-0.39, 0.29) is 12.1 Å². The molecule has 0 amide bonds. The van der Waals surface area contributed by atoms with Crippen LogP contribution in [0.2, 0.25) is 0 Å². The van der Waals surface area contributed by atoms with Crippen molar-refractivity contribution in [1.82, 2.24) is 14.7 Å². The van der Waals surface area contributed by atoms with E-state index in [1.165, 1.54) is 10.6 Å². The first-order valence-corrected chi connectivity index (χ1v) is 5.78. The highest BCUT2D eigenvalue weighted by Crippen LogP contribution is 2.04. The zero-order chi connectivity index (χ0) is 14.0. The maximum atomic E-state index is 12.0. The van der Waals surface area contributed by atoms with Crippen LogP contribution in [0.3, 0.4) is 0 Å². The molecule has 0 saturated carbocycles. The summed E-state index contributed by atoms with van der Waals surface area (Å²) in [7, 11) is 0. The minimum atomic E-state index is -1.25. The third kappa shape index (κ3) is 2.54. The van der Waals surface area contributed by atoms with Gasteiger partial charge in [-0.15, -0.1) is 0 Å². The Morgan fingerprint density at radius 3 is 2.79 bits per heavy atom. The van der Waals surface area contributed by atoms with E-state index in [2.05, 4.69) is 10.1 Å². The van der Waals surface area contributed by atoms with Gasteiger partial charge in [0.25, 0.3) is 5.56 Å². The molecule has 2 heterocycles. The molecule has 7 nitrogen and oxygen atoms in total. The van der Waals surface area contributed by atoms with Gasteiger partial charge in [0.05, 0.1) is 6.54 Å². The van der Waals surface area contributed by atoms with Crippen LogP contribution < -0.4 is 5.56 Å². The fraction of sp³-hybridized carbons (Fsp3) is 0.333. The highest BCUT2D eigenvalue weighted by molar-refractivity contribution is 5.87. The third-order valence-corrected chi connectivity index (χ3v) is 2.74. The second-order valence-electron chi connectivity index (χ2n) is 4.04. The Labute approximate surface area is 108 Å². The SMILES string of the molecule is CCc1nc(Cn2c(C)ccc(C(=O)O)c2=O)no1. The van der Waals surface area contributed by atoms with E-state index in [1.807, 2.05) is 6.92 Å². The van der Waals surface area contributed by atoms with Crippen LogP contribution in [0.15, 0.2) is 21.5 Å². The molecule has 0 bridgehead atoms. The molecule has 0 spiro atoms. The number of nitrogens with zero attached hydrogens (tertiary/aromatic N) is 3. The number of carboxylic acids is 1. The molecule has 1 N–H and O–H groups in total. The molecule has 0 aliphatic rings. The molecule has 0 unspecified atom stereocenters. The number of carbonyl (C=O) groups is 1. The van der Waals surface area contributed by atoms with Crippen molar-refractivity contribution in [3.05, 3.63) is 45.5 Å². The van der Waals surface area contributed by atoms with Gasteiger partial charge in [-0.05, 0) is 19.1 Å². The average Bonchev–Trinajstić information content (AvgIpc) is 2.81. The van der Waals surface area contributed by atoms with Crippen LogP contribution in [-0.2, 0) is 13.0 Å². The van der Waals surface area contributed by atoms with Gasteiger partial charge in [-0.1, -0.05) is 12.1 Å². The van der Waals surface area contributed by atoms with Gasteiger partial charge in [-0.2, -0.15) is 4.98 Å². The summed E-state index contributed by atoms with van der Waals surface area (Å²) in [6.45, 7) is 3.68. The number of carboxylic acid groups (broad SMARTS) is 1. The van der Waals surface area contributed by atoms with E-state index in [0.717, 1.165) is 0 Å². The Kier molecular flexibility index (Phi) is 3.46. The predicted octanol–water partition coefficient (Wildman–Crippen LogP) is 0.849.